The Morgan fingerprint density at radius 1 is 0.625 bits per heavy atom. The average Bonchev–Trinajstić information content (AvgIpc) is 2.87. The van der Waals surface area contributed by atoms with E-state index in [1.807, 2.05) is 42.5 Å². The summed E-state index contributed by atoms with van der Waals surface area (Å²) in [5.41, 5.74) is 2.29. The first kappa shape index (κ1) is 20.5. The standard InChI is InChI=1S/C28H26O4/c29-27(20-12-6-2-7-13-20)31-25-22-16-17-23(24(18-22)19-10-4-1-5-11-19)26(25)32-28(30)21-14-8-3-9-15-21/h1-15,22-26H,16-18H2. The molecule has 0 aliphatic heterocycles. The Labute approximate surface area is 188 Å². The molecule has 3 aliphatic carbocycles. The minimum atomic E-state index is -0.465. The molecule has 3 aliphatic rings. The lowest BCUT2D eigenvalue weighted by Gasteiger charge is -2.51. The summed E-state index contributed by atoms with van der Waals surface area (Å²) in [6.45, 7) is 0. The number of ether oxygens (including phenoxy) is 2. The highest BCUT2D eigenvalue weighted by molar-refractivity contribution is 5.90. The first-order valence-electron chi connectivity index (χ1n) is 11.3. The normalized spacial score (nSPS) is 26.3. The monoisotopic (exact) mass is 426 g/mol. The Morgan fingerprint density at radius 2 is 1.12 bits per heavy atom. The molecule has 0 saturated heterocycles. The molecular weight excluding hydrogens is 400 g/mol. The number of hydrogen-bond donors (Lipinski definition) is 0. The molecule has 0 amide bonds. The molecule has 0 heterocycles. The zero-order valence-electron chi connectivity index (χ0n) is 17.8. The average molecular weight is 427 g/mol. The van der Waals surface area contributed by atoms with E-state index in [1.54, 1.807) is 24.3 Å². The summed E-state index contributed by atoms with van der Waals surface area (Å²) in [5, 5.41) is 0. The van der Waals surface area contributed by atoms with Crippen LogP contribution in [-0.2, 0) is 9.47 Å². The third kappa shape index (κ3) is 4.05. The van der Waals surface area contributed by atoms with Gasteiger partial charge in [0, 0.05) is 11.8 Å². The first-order chi connectivity index (χ1) is 15.7. The minimum absolute atomic E-state index is 0.114. The van der Waals surface area contributed by atoms with Gasteiger partial charge in [-0.3, -0.25) is 0 Å². The number of benzene rings is 3. The summed E-state index contributed by atoms with van der Waals surface area (Å²) in [5.74, 6) is -0.166. The fourth-order valence-corrected chi connectivity index (χ4v) is 5.36. The number of esters is 2. The fourth-order valence-electron chi connectivity index (χ4n) is 5.36. The molecule has 3 aromatic carbocycles. The lowest BCUT2D eigenvalue weighted by atomic mass is 9.60. The molecule has 32 heavy (non-hydrogen) atoms. The SMILES string of the molecule is O=C(OC1C2CCC(C(c3ccccc3)C2)C1OC(=O)c1ccccc1)c1ccccc1. The Bertz CT molecular complexity index is 1060. The largest absolute Gasteiger partial charge is 0.455 e. The topological polar surface area (TPSA) is 52.6 Å². The van der Waals surface area contributed by atoms with Crippen molar-refractivity contribution in [2.24, 2.45) is 11.8 Å². The molecule has 4 heteroatoms. The van der Waals surface area contributed by atoms with Crippen molar-refractivity contribution in [3.8, 4) is 0 Å². The molecule has 0 radical (unpaired) electrons. The lowest BCUT2D eigenvalue weighted by Crippen LogP contribution is -2.54. The van der Waals surface area contributed by atoms with E-state index < -0.39 is 12.2 Å². The van der Waals surface area contributed by atoms with Crippen molar-refractivity contribution in [3.05, 3.63) is 108 Å². The van der Waals surface area contributed by atoms with Gasteiger partial charge in [-0.15, -0.1) is 0 Å². The van der Waals surface area contributed by atoms with E-state index in [0.29, 0.717) is 11.1 Å². The van der Waals surface area contributed by atoms with Gasteiger partial charge in [0.15, 0.2) is 0 Å². The van der Waals surface area contributed by atoms with Crippen LogP contribution in [0.4, 0.5) is 0 Å². The Morgan fingerprint density at radius 3 is 1.69 bits per heavy atom. The maximum Gasteiger partial charge on any atom is 0.338 e. The molecule has 3 aromatic rings. The van der Waals surface area contributed by atoms with Gasteiger partial charge in [0.05, 0.1) is 11.1 Å². The van der Waals surface area contributed by atoms with Crippen LogP contribution in [0.2, 0.25) is 0 Å². The van der Waals surface area contributed by atoms with Crippen LogP contribution in [0.5, 0.6) is 0 Å². The Kier molecular flexibility index (Phi) is 5.76. The maximum atomic E-state index is 13.0. The lowest BCUT2D eigenvalue weighted by molar-refractivity contribution is -0.129. The van der Waals surface area contributed by atoms with Gasteiger partial charge in [-0.1, -0.05) is 66.7 Å². The molecule has 2 bridgehead atoms. The summed E-state index contributed by atoms with van der Waals surface area (Å²) in [6, 6.07) is 28.4. The molecule has 0 spiro atoms. The smallest absolute Gasteiger partial charge is 0.338 e. The van der Waals surface area contributed by atoms with Crippen LogP contribution >= 0.6 is 0 Å². The van der Waals surface area contributed by atoms with Gasteiger partial charge in [-0.05, 0) is 55.0 Å². The summed E-state index contributed by atoms with van der Waals surface area (Å²) in [7, 11) is 0. The van der Waals surface area contributed by atoms with Crippen molar-refractivity contribution >= 4 is 11.9 Å². The van der Waals surface area contributed by atoms with Gasteiger partial charge in [-0.2, -0.15) is 0 Å². The summed E-state index contributed by atoms with van der Waals surface area (Å²) in [4.78, 5) is 25.9. The molecule has 6 rings (SSSR count). The van der Waals surface area contributed by atoms with Crippen LogP contribution < -0.4 is 0 Å². The third-order valence-electron chi connectivity index (χ3n) is 6.89. The Balaban J connectivity index is 1.43. The van der Waals surface area contributed by atoms with Gasteiger partial charge in [-0.25, -0.2) is 9.59 Å². The van der Waals surface area contributed by atoms with E-state index in [9.17, 15) is 9.59 Å². The molecule has 5 atom stereocenters. The van der Waals surface area contributed by atoms with Crippen LogP contribution in [0.3, 0.4) is 0 Å². The van der Waals surface area contributed by atoms with Crippen LogP contribution in [0.1, 0.15) is 51.5 Å². The van der Waals surface area contributed by atoms with Crippen molar-refractivity contribution in [2.45, 2.75) is 37.4 Å². The summed E-state index contributed by atoms with van der Waals surface area (Å²) >= 11 is 0. The van der Waals surface area contributed by atoms with Gasteiger partial charge >= 0.3 is 11.9 Å². The van der Waals surface area contributed by atoms with Crippen LogP contribution in [-0.4, -0.2) is 24.1 Å². The molecule has 0 aromatic heterocycles. The van der Waals surface area contributed by atoms with E-state index in [4.69, 9.17) is 9.47 Å². The zero-order valence-corrected chi connectivity index (χ0v) is 17.8. The van der Waals surface area contributed by atoms with Crippen molar-refractivity contribution in [2.75, 3.05) is 0 Å². The van der Waals surface area contributed by atoms with Crippen molar-refractivity contribution in [3.63, 3.8) is 0 Å². The molecule has 0 N–H and O–H groups in total. The second-order valence-corrected chi connectivity index (χ2v) is 8.73. The second kappa shape index (κ2) is 8.99. The van der Waals surface area contributed by atoms with Crippen LogP contribution in [0, 0.1) is 11.8 Å². The highest BCUT2D eigenvalue weighted by Gasteiger charge is 2.52. The zero-order chi connectivity index (χ0) is 21.9. The fraction of sp³-hybridized carbons (Fsp3) is 0.286. The predicted molar refractivity (Wildman–Crippen MR) is 121 cm³/mol. The summed E-state index contributed by atoms with van der Waals surface area (Å²) in [6.07, 6.45) is 1.96. The van der Waals surface area contributed by atoms with Crippen molar-refractivity contribution in [1.29, 1.82) is 0 Å². The molecular formula is C28H26O4. The first-order valence-corrected chi connectivity index (χ1v) is 11.3. The highest BCUT2D eigenvalue weighted by atomic mass is 16.6. The highest BCUT2D eigenvalue weighted by Crippen LogP contribution is 2.52. The summed E-state index contributed by atoms with van der Waals surface area (Å²) < 4.78 is 12.1. The van der Waals surface area contributed by atoms with E-state index in [2.05, 4.69) is 24.3 Å². The quantitative estimate of drug-likeness (QED) is 0.495. The molecule has 4 nitrogen and oxygen atoms in total. The predicted octanol–water partition coefficient (Wildman–Crippen LogP) is 5.65. The van der Waals surface area contributed by atoms with Crippen LogP contribution in [0.25, 0.3) is 0 Å². The number of hydrogen-bond acceptors (Lipinski definition) is 4. The Hall–Kier alpha value is -3.40. The molecule has 162 valence electrons. The third-order valence-corrected chi connectivity index (χ3v) is 6.89. The van der Waals surface area contributed by atoms with Gasteiger partial charge in [0.25, 0.3) is 0 Å². The number of carbonyl (C=O) groups is 2. The van der Waals surface area contributed by atoms with E-state index in [1.165, 1.54) is 5.56 Å². The maximum absolute atomic E-state index is 13.0. The second-order valence-electron chi connectivity index (χ2n) is 8.73. The molecule has 3 fully saturated rings. The van der Waals surface area contributed by atoms with Crippen molar-refractivity contribution < 1.29 is 19.1 Å². The number of fused-ring (bicyclic) bond motifs is 3. The minimum Gasteiger partial charge on any atom is -0.455 e. The van der Waals surface area contributed by atoms with Gasteiger partial charge in [0.2, 0.25) is 0 Å². The van der Waals surface area contributed by atoms with E-state index in [0.717, 1.165) is 19.3 Å². The molecule has 5 unspecified atom stereocenters. The van der Waals surface area contributed by atoms with E-state index >= 15 is 0 Å². The number of rotatable bonds is 5. The van der Waals surface area contributed by atoms with Gasteiger partial charge in [0.1, 0.15) is 12.2 Å². The van der Waals surface area contributed by atoms with E-state index in [-0.39, 0.29) is 29.7 Å². The molecule has 3 saturated carbocycles. The van der Waals surface area contributed by atoms with Crippen molar-refractivity contribution in [1.82, 2.24) is 0 Å². The number of carbonyl (C=O) groups excluding carboxylic acids is 2. The van der Waals surface area contributed by atoms with Crippen LogP contribution in [0.15, 0.2) is 91.0 Å². The van der Waals surface area contributed by atoms with Gasteiger partial charge < -0.3 is 9.47 Å².